The van der Waals surface area contributed by atoms with Gasteiger partial charge in [0, 0.05) is 22.4 Å². The van der Waals surface area contributed by atoms with Crippen molar-refractivity contribution < 1.29 is 19.8 Å². The molecular formula is C18H16N2O4. The number of nitrogen functional groups attached to an aromatic ring is 1. The number of nitrogens with two attached hydrogens (primary N) is 1. The second kappa shape index (κ2) is 7.81. The molecule has 0 aliphatic heterocycles. The number of anilines is 1. The van der Waals surface area contributed by atoms with E-state index in [0.717, 1.165) is 5.56 Å². The molecule has 0 aliphatic carbocycles. The largest absolute Gasteiger partial charge is 0.480 e. The molecular weight excluding hydrogens is 308 g/mol. The fraction of sp³-hybridized carbons (Fsp3) is 0.111. The molecule has 6 nitrogen and oxygen atoms in total. The summed E-state index contributed by atoms with van der Waals surface area (Å²) in [6, 6.07) is 12.2. The maximum Gasteiger partial charge on any atom is 0.328 e. The van der Waals surface area contributed by atoms with E-state index in [2.05, 4.69) is 17.2 Å². The van der Waals surface area contributed by atoms with Gasteiger partial charge in [0.25, 0.3) is 5.91 Å². The van der Waals surface area contributed by atoms with Crippen molar-refractivity contribution in [1.82, 2.24) is 5.32 Å². The molecule has 2 aromatic carbocycles. The lowest BCUT2D eigenvalue weighted by molar-refractivity contribution is -0.140. The van der Waals surface area contributed by atoms with Crippen LogP contribution < -0.4 is 11.1 Å². The van der Waals surface area contributed by atoms with Gasteiger partial charge < -0.3 is 21.3 Å². The molecule has 0 bridgehead atoms. The zero-order chi connectivity index (χ0) is 17.5. The molecule has 24 heavy (non-hydrogen) atoms. The molecule has 5 N–H and O–H groups in total. The first-order valence-corrected chi connectivity index (χ1v) is 7.12. The maximum atomic E-state index is 11.9. The summed E-state index contributed by atoms with van der Waals surface area (Å²) in [6.45, 7) is -0.674. The zero-order valence-corrected chi connectivity index (χ0v) is 12.7. The highest BCUT2D eigenvalue weighted by Crippen LogP contribution is 2.06. The minimum atomic E-state index is -1.33. The Hall–Kier alpha value is -3.30. The zero-order valence-electron chi connectivity index (χ0n) is 12.7. The third-order valence-corrected chi connectivity index (χ3v) is 3.19. The second-order valence-electron chi connectivity index (χ2n) is 5.00. The molecule has 6 heteroatoms. The Morgan fingerprint density at radius 1 is 1.00 bits per heavy atom. The third kappa shape index (κ3) is 4.60. The molecule has 1 atom stereocenters. The van der Waals surface area contributed by atoms with Gasteiger partial charge in [0.1, 0.15) is 0 Å². The Balaban J connectivity index is 2.06. The predicted octanol–water partition coefficient (Wildman–Crippen LogP) is 0.844. The number of aliphatic carboxylic acids is 1. The van der Waals surface area contributed by atoms with E-state index in [-0.39, 0.29) is 5.56 Å². The van der Waals surface area contributed by atoms with Crippen LogP contribution in [0.25, 0.3) is 0 Å². The number of aliphatic hydroxyl groups is 1. The van der Waals surface area contributed by atoms with Crippen LogP contribution in [0.2, 0.25) is 0 Å². The number of carbonyl (C=O) groups excluding carboxylic acids is 1. The maximum absolute atomic E-state index is 11.9. The third-order valence-electron chi connectivity index (χ3n) is 3.19. The molecule has 2 rings (SSSR count). The summed E-state index contributed by atoms with van der Waals surface area (Å²) in [7, 11) is 0. The van der Waals surface area contributed by atoms with E-state index in [1.165, 1.54) is 0 Å². The smallest absolute Gasteiger partial charge is 0.328 e. The lowest BCUT2D eigenvalue weighted by atomic mass is 10.1. The van der Waals surface area contributed by atoms with Crippen LogP contribution in [0.3, 0.4) is 0 Å². The Labute approximate surface area is 138 Å². The monoisotopic (exact) mass is 324 g/mol. The molecule has 0 saturated carbocycles. The molecule has 0 radical (unpaired) electrons. The first-order valence-electron chi connectivity index (χ1n) is 7.12. The fourth-order valence-electron chi connectivity index (χ4n) is 1.84. The Bertz CT molecular complexity index is 787. The topological polar surface area (TPSA) is 113 Å². The van der Waals surface area contributed by atoms with Crippen molar-refractivity contribution >= 4 is 17.6 Å². The minimum absolute atomic E-state index is 0.285. The molecule has 0 spiro atoms. The van der Waals surface area contributed by atoms with E-state index < -0.39 is 24.5 Å². The van der Waals surface area contributed by atoms with E-state index in [9.17, 15) is 9.59 Å². The number of hydrogen-bond acceptors (Lipinski definition) is 4. The van der Waals surface area contributed by atoms with Crippen molar-refractivity contribution in [3.8, 4) is 11.8 Å². The Morgan fingerprint density at radius 2 is 1.50 bits per heavy atom. The van der Waals surface area contributed by atoms with Gasteiger partial charge >= 0.3 is 5.97 Å². The van der Waals surface area contributed by atoms with E-state index in [4.69, 9.17) is 15.9 Å². The summed E-state index contributed by atoms with van der Waals surface area (Å²) in [6.07, 6.45) is 0. The van der Waals surface area contributed by atoms with Crippen molar-refractivity contribution in [3.05, 3.63) is 65.2 Å². The Kier molecular flexibility index (Phi) is 5.55. The van der Waals surface area contributed by atoms with Gasteiger partial charge in [0.2, 0.25) is 0 Å². The Morgan fingerprint density at radius 3 is 1.96 bits per heavy atom. The highest BCUT2D eigenvalue weighted by Gasteiger charge is 2.19. The van der Waals surface area contributed by atoms with E-state index in [1.54, 1.807) is 36.4 Å². The lowest BCUT2D eigenvalue weighted by Crippen LogP contribution is -2.43. The van der Waals surface area contributed by atoms with Gasteiger partial charge in [0.15, 0.2) is 6.04 Å². The van der Waals surface area contributed by atoms with Crippen LogP contribution in [0.1, 0.15) is 21.5 Å². The fourth-order valence-corrected chi connectivity index (χ4v) is 1.84. The molecule has 0 aliphatic rings. The summed E-state index contributed by atoms with van der Waals surface area (Å²) in [5.41, 5.74) is 8.08. The quantitative estimate of drug-likeness (QED) is 0.492. The molecule has 122 valence electrons. The van der Waals surface area contributed by atoms with Crippen LogP contribution in [-0.2, 0) is 4.79 Å². The molecule has 1 amide bonds. The number of rotatable bonds is 4. The normalized spacial score (nSPS) is 11.0. The summed E-state index contributed by atoms with van der Waals surface area (Å²) < 4.78 is 0. The van der Waals surface area contributed by atoms with Crippen molar-refractivity contribution in [2.75, 3.05) is 12.3 Å². The van der Waals surface area contributed by atoms with Gasteiger partial charge in [-0.15, -0.1) is 0 Å². The van der Waals surface area contributed by atoms with Gasteiger partial charge in [0.05, 0.1) is 6.61 Å². The van der Waals surface area contributed by atoms with E-state index in [1.807, 2.05) is 12.1 Å². The number of amides is 1. The van der Waals surface area contributed by atoms with Gasteiger partial charge in [-0.3, -0.25) is 4.79 Å². The molecule has 0 fully saturated rings. The summed E-state index contributed by atoms with van der Waals surface area (Å²) in [4.78, 5) is 22.7. The SMILES string of the molecule is Nc1ccc(C#Cc2ccc(C(=O)N[C@@H](CO)C(=O)O)cc2)cc1. The lowest BCUT2D eigenvalue weighted by Gasteiger charge is -2.11. The van der Waals surface area contributed by atoms with Crippen molar-refractivity contribution in [3.63, 3.8) is 0 Å². The first-order chi connectivity index (χ1) is 11.5. The summed E-state index contributed by atoms with van der Waals surface area (Å²) in [5.74, 6) is 4.07. The summed E-state index contributed by atoms with van der Waals surface area (Å²) in [5, 5.41) is 19.9. The van der Waals surface area contributed by atoms with Gasteiger partial charge in [-0.05, 0) is 48.5 Å². The van der Waals surface area contributed by atoms with E-state index >= 15 is 0 Å². The van der Waals surface area contributed by atoms with E-state index in [0.29, 0.717) is 11.3 Å². The van der Waals surface area contributed by atoms with Crippen LogP contribution in [-0.4, -0.2) is 34.7 Å². The summed E-state index contributed by atoms with van der Waals surface area (Å²) >= 11 is 0. The highest BCUT2D eigenvalue weighted by molar-refractivity contribution is 5.96. The molecule has 0 aromatic heterocycles. The first kappa shape index (κ1) is 17.1. The predicted molar refractivity (Wildman–Crippen MR) is 89.3 cm³/mol. The molecule has 0 unspecified atom stereocenters. The standard InChI is InChI=1S/C18H16N2O4/c19-15-9-5-13(6-10-15)2-1-12-3-7-14(8-4-12)17(22)20-16(11-21)18(23)24/h3-10,16,21H,11,19H2,(H,20,22)(H,23,24)/t16-/m0/s1. The second-order valence-corrected chi connectivity index (χ2v) is 5.00. The number of carboxylic acids is 1. The number of benzene rings is 2. The van der Waals surface area contributed by atoms with Crippen LogP contribution in [0.4, 0.5) is 5.69 Å². The number of aliphatic hydroxyl groups excluding tert-OH is 1. The molecule has 2 aromatic rings. The van der Waals surface area contributed by atoms with Crippen molar-refractivity contribution in [1.29, 1.82) is 0 Å². The van der Waals surface area contributed by atoms with Crippen LogP contribution >= 0.6 is 0 Å². The van der Waals surface area contributed by atoms with Gasteiger partial charge in [-0.25, -0.2) is 4.79 Å². The van der Waals surface area contributed by atoms with Crippen molar-refractivity contribution in [2.45, 2.75) is 6.04 Å². The van der Waals surface area contributed by atoms with Crippen LogP contribution in [0, 0.1) is 11.8 Å². The minimum Gasteiger partial charge on any atom is -0.480 e. The van der Waals surface area contributed by atoms with Gasteiger partial charge in [-0.2, -0.15) is 0 Å². The average Bonchev–Trinajstić information content (AvgIpc) is 2.59. The molecule has 0 heterocycles. The number of nitrogens with one attached hydrogen (secondary N) is 1. The van der Waals surface area contributed by atoms with Gasteiger partial charge in [-0.1, -0.05) is 11.8 Å². The number of carboxylic acid groups (broad SMARTS) is 1. The van der Waals surface area contributed by atoms with Crippen LogP contribution in [0.15, 0.2) is 48.5 Å². The highest BCUT2D eigenvalue weighted by atomic mass is 16.4. The number of hydrogen-bond donors (Lipinski definition) is 4. The molecule has 0 saturated heterocycles. The average molecular weight is 324 g/mol. The number of carbonyl (C=O) groups is 2. The van der Waals surface area contributed by atoms with Crippen LogP contribution in [0.5, 0.6) is 0 Å². The van der Waals surface area contributed by atoms with Crippen molar-refractivity contribution in [2.24, 2.45) is 0 Å².